The topological polar surface area (TPSA) is 19.6 Å². The normalized spacial score (nSPS) is 15.2. The van der Waals surface area contributed by atoms with E-state index in [1.54, 1.807) is 0 Å². The Balaban J connectivity index is 1.32. The first kappa shape index (κ1) is 29.0. The number of rotatable bonds is 1. The highest BCUT2D eigenvalue weighted by Gasteiger charge is 2.49. The zero-order chi connectivity index (χ0) is 34.4. The van der Waals surface area contributed by atoms with Crippen LogP contribution in [-0.4, -0.2) is 6.85 Å². The molecule has 7 aromatic carbocycles. The van der Waals surface area contributed by atoms with E-state index in [0.29, 0.717) is 0 Å². The summed E-state index contributed by atoms with van der Waals surface area (Å²) in [7, 11) is 0. The van der Waals surface area contributed by atoms with Crippen molar-refractivity contribution < 1.29 is 4.42 Å². The molecular formula is C47H37BN2O. The predicted molar refractivity (Wildman–Crippen MR) is 216 cm³/mol. The van der Waals surface area contributed by atoms with Crippen LogP contribution in [0, 0.1) is 0 Å². The Morgan fingerprint density at radius 3 is 2.16 bits per heavy atom. The molecule has 3 nitrogen and oxygen atoms in total. The zero-order valence-electron chi connectivity index (χ0n) is 29.6. The molecule has 0 N–H and O–H groups in total. The lowest BCUT2D eigenvalue weighted by molar-refractivity contribution is 0.590. The summed E-state index contributed by atoms with van der Waals surface area (Å²) in [6, 6.07) is 49.9. The molecule has 4 heterocycles. The van der Waals surface area contributed by atoms with E-state index in [0.717, 1.165) is 21.9 Å². The van der Waals surface area contributed by atoms with Crippen molar-refractivity contribution in [2.75, 3.05) is 9.71 Å². The van der Waals surface area contributed by atoms with Gasteiger partial charge in [0.25, 0.3) is 0 Å². The van der Waals surface area contributed by atoms with Crippen LogP contribution in [0.25, 0.3) is 43.8 Å². The van der Waals surface area contributed by atoms with Gasteiger partial charge in [-0.05, 0) is 85.8 Å². The molecule has 0 bridgehead atoms. The summed E-state index contributed by atoms with van der Waals surface area (Å²) >= 11 is 0. The lowest BCUT2D eigenvalue weighted by Gasteiger charge is -2.50. The Kier molecular flexibility index (Phi) is 5.54. The van der Waals surface area contributed by atoms with Gasteiger partial charge >= 0.3 is 6.85 Å². The van der Waals surface area contributed by atoms with E-state index in [4.69, 9.17) is 4.42 Å². The van der Waals surface area contributed by atoms with Crippen molar-refractivity contribution >= 4 is 78.9 Å². The first-order valence-corrected chi connectivity index (χ1v) is 18.1. The molecule has 1 aromatic heterocycles. The molecule has 0 saturated heterocycles. The Bertz CT molecular complexity index is 2780. The van der Waals surface area contributed by atoms with Crippen LogP contribution in [0.15, 0.2) is 138 Å². The van der Waals surface area contributed by atoms with Gasteiger partial charge in [-0.2, -0.15) is 0 Å². The zero-order valence-corrected chi connectivity index (χ0v) is 29.6. The van der Waals surface area contributed by atoms with Gasteiger partial charge in [0.2, 0.25) is 0 Å². The highest BCUT2D eigenvalue weighted by Crippen LogP contribution is 2.56. The molecule has 0 amide bonds. The van der Waals surface area contributed by atoms with Gasteiger partial charge in [-0.15, -0.1) is 0 Å². The van der Waals surface area contributed by atoms with Crippen LogP contribution in [0.2, 0.25) is 0 Å². The highest BCUT2D eigenvalue weighted by molar-refractivity contribution is 6.94. The van der Waals surface area contributed by atoms with Crippen LogP contribution in [-0.2, 0) is 10.8 Å². The Labute approximate surface area is 298 Å². The van der Waals surface area contributed by atoms with E-state index >= 15 is 0 Å². The van der Waals surface area contributed by atoms with Crippen LogP contribution >= 0.6 is 0 Å². The average molecular weight is 657 g/mol. The van der Waals surface area contributed by atoms with Crippen LogP contribution in [0.3, 0.4) is 0 Å². The van der Waals surface area contributed by atoms with E-state index in [2.05, 4.69) is 178 Å². The minimum absolute atomic E-state index is 0.0540. The van der Waals surface area contributed by atoms with Gasteiger partial charge < -0.3 is 14.1 Å². The molecule has 0 spiro atoms. The summed E-state index contributed by atoms with van der Waals surface area (Å²) in [5, 5.41) is 4.83. The Morgan fingerprint density at radius 1 is 0.608 bits per heavy atom. The van der Waals surface area contributed by atoms with Gasteiger partial charge in [0.1, 0.15) is 11.2 Å². The monoisotopic (exact) mass is 656 g/mol. The van der Waals surface area contributed by atoms with Crippen LogP contribution < -0.4 is 20.6 Å². The van der Waals surface area contributed by atoms with Gasteiger partial charge in [0, 0.05) is 50.6 Å². The molecular weight excluding hydrogens is 619 g/mol. The fraction of sp³-hybridized carbons (Fsp3) is 0.149. The van der Waals surface area contributed by atoms with Crippen LogP contribution in [0.4, 0.5) is 28.4 Å². The van der Waals surface area contributed by atoms with Crippen molar-refractivity contribution in [2.45, 2.75) is 45.4 Å². The molecule has 0 radical (unpaired) electrons. The number of anilines is 5. The second-order valence-electron chi connectivity index (χ2n) is 16.2. The number of furan rings is 1. The van der Waals surface area contributed by atoms with E-state index < -0.39 is 0 Å². The SMILES string of the molecule is CC(C)(C)c1ccc(N2B3c4cccc5c4N(c4ccccc4C5(C)C)c4cc5ccccc5c(c43)-c3cc4c(cc32)oc2ccccc24)cc1. The minimum atomic E-state index is -0.165. The molecule has 0 unspecified atom stereocenters. The lowest BCUT2D eigenvalue weighted by atomic mass is 9.42. The summed E-state index contributed by atoms with van der Waals surface area (Å²) < 4.78 is 6.61. The molecule has 8 aromatic rings. The van der Waals surface area contributed by atoms with Gasteiger partial charge in [0.15, 0.2) is 0 Å². The molecule has 51 heavy (non-hydrogen) atoms. The minimum Gasteiger partial charge on any atom is -0.456 e. The molecule has 0 atom stereocenters. The molecule has 244 valence electrons. The van der Waals surface area contributed by atoms with Gasteiger partial charge in [-0.25, -0.2) is 0 Å². The largest absolute Gasteiger partial charge is 0.456 e. The van der Waals surface area contributed by atoms with E-state index in [-0.39, 0.29) is 17.7 Å². The van der Waals surface area contributed by atoms with Crippen molar-refractivity contribution in [2.24, 2.45) is 0 Å². The van der Waals surface area contributed by atoms with Crippen molar-refractivity contribution in [3.63, 3.8) is 0 Å². The number of benzene rings is 7. The first-order valence-electron chi connectivity index (χ1n) is 18.1. The third-order valence-electron chi connectivity index (χ3n) is 12.0. The highest BCUT2D eigenvalue weighted by atomic mass is 16.3. The van der Waals surface area contributed by atoms with Crippen LogP contribution in [0.5, 0.6) is 0 Å². The average Bonchev–Trinajstić information content (AvgIpc) is 3.50. The molecule has 3 aliphatic heterocycles. The molecule has 11 rings (SSSR count). The number of hydrogen-bond donors (Lipinski definition) is 0. The maximum absolute atomic E-state index is 6.61. The van der Waals surface area contributed by atoms with Crippen molar-refractivity contribution in [1.29, 1.82) is 0 Å². The number of nitrogens with zero attached hydrogens (tertiary/aromatic N) is 2. The third-order valence-corrected chi connectivity index (χ3v) is 12.0. The molecule has 0 fully saturated rings. The van der Waals surface area contributed by atoms with Gasteiger partial charge in [0.05, 0.1) is 5.69 Å². The molecule has 4 heteroatoms. The van der Waals surface area contributed by atoms with Gasteiger partial charge in [-0.1, -0.05) is 126 Å². The first-order chi connectivity index (χ1) is 24.7. The van der Waals surface area contributed by atoms with Gasteiger partial charge in [-0.3, -0.25) is 0 Å². The van der Waals surface area contributed by atoms with E-state index in [1.807, 2.05) is 0 Å². The van der Waals surface area contributed by atoms with E-state index in [1.165, 1.54) is 78.0 Å². The number of para-hydroxylation sites is 3. The standard InChI is InChI=1S/C47H37BN2O/c1-46(2,3)29-21-23-30(24-22-29)50-39-27-42-33(32-15-8-11-20-41(32)51-42)26-34(39)43-31-14-7-6-13-28(31)25-40-44(43)48(50)37-18-12-17-36-45(37)49(40)38-19-10-9-16-35(38)47(36,4)5/h6-27H,1-5H3. The van der Waals surface area contributed by atoms with E-state index in [9.17, 15) is 0 Å². The fourth-order valence-electron chi connectivity index (χ4n) is 9.48. The third kappa shape index (κ3) is 3.75. The maximum Gasteiger partial charge on any atom is 0.333 e. The maximum atomic E-state index is 6.61. The quantitative estimate of drug-likeness (QED) is 0.164. The van der Waals surface area contributed by atoms with Crippen molar-refractivity contribution in [3.8, 4) is 11.1 Å². The molecule has 3 aliphatic rings. The van der Waals surface area contributed by atoms with Crippen molar-refractivity contribution in [3.05, 3.63) is 150 Å². The second kappa shape index (κ2) is 9.73. The summed E-state index contributed by atoms with van der Waals surface area (Å²) in [6.45, 7) is 11.6. The number of hydrogen-bond acceptors (Lipinski definition) is 3. The summed E-state index contributed by atoms with van der Waals surface area (Å²) in [5.74, 6) is 0. The van der Waals surface area contributed by atoms with Crippen molar-refractivity contribution in [1.82, 2.24) is 0 Å². The lowest BCUT2D eigenvalue weighted by Crippen LogP contribution is -2.62. The van der Waals surface area contributed by atoms with Crippen LogP contribution in [0.1, 0.15) is 51.3 Å². The number of fused-ring (bicyclic) bond motifs is 11. The summed E-state index contributed by atoms with van der Waals surface area (Å²) in [5.41, 5.74) is 17.2. The fourth-order valence-corrected chi connectivity index (χ4v) is 9.48. The molecule has 0 aliphatic carbocycles. The Hall–Kier alpha value is -5.74. The molecule has 0 saturated carbocycles. The Morgan fingerprint density at radius 2 is 1.33 bits per heavy atom. The second-order valence-corrected chi connectivity index (χ2v) is 16.2. The summed E-state index contributed by atoms with van der Waals surface area (Å²) in [6.07, 6.45) is 0. The predicted octanol–water partition coefficient (Wildman–Crippen LogP) is 11.4. The smallest absolute Gasteiger partial charge is 0.333 e. The summed E-state index contributed by atoms with van der Waals surface area (Å²) in [4.78, 5) is 5.19.